The molecule has 0 saturated heterocycles. The first-order valence-corrected chi connectivity index (χ1v) is 6.95. The van der Waals surface area contributed by atoms with Crippen LogP contribution in [-0.4, -0.2) is 32.7 Å². The summed E-state index contributed by atoms with van der Waals surface area (Å²) in [6.07, 6.45) is 0.770. The van der Waals surface area contributed by atoms with Crippen LogP contribution in [0.1, 0.15) is 12.6 Å². The highest BCUT2D eigenvalue weighted by molar-refractivity contribution is 7.93. The SMILES string of the molecule is CCS(=O)(=O)c1nc(CCNC)cs1. The zero-order valence-electron chi connectivity index (χ0n) is 8.28. The predicted molar refractivity (Wildman–Crippen MR) is 57.5 cm³/mol. The summed E-state index contributed by atoms with van der Waals surface area (Å²) in [5, 5.41) is 4.80. The van der Waals surface area contributed by atoms with E-state index in [0.29, 0.717) is 0 Å². The van der Waals surface area contributed by atoms with E-state index in [-0.39, 0.29) is 10.1 Å². The summed E-state index contributed by atoms with van der Waals surface area (Å²) >= 11 is 1.20. The van der Waals surface area contributed by atoms with E-state index in [1.165, 1.54) is 11.3 Å². The molecule has 4 nitrogen and oxygen atoms in total. The van der Waals surface area contributed by atoms with E-state index in [4.69, 9.17) is 0 Å². The fourth-order valence-electron chi connectivity index (χ4n) is 0.923. The van der Waals surface area contributed by atoms with Crippen molar-refractivity contribution in [3.63, 3.8) is 0 Å². The summed E-state index contributed by atoms with van der Waals surface area (Å²) in [7, 11) is -1.26. The van der Waals surface area contributed by atoms with Gasteiger partial charge in [-0.2, -0.15) is 0 Å². The minimum absolute atomic E-state index is 0.117. The predicted octanol–water partition coefficient (Wildman–Crippen LogP) is 0.699. The van der Waals surface area contributed by atoms with Crippen LogP contribution < -0.4 is 5.32 Å². The number of aromatic nitrogens is 1. The molecule has 0 aliphatic carbocycles. The molecule has 0 radical (unpaired) electrons. The van der Waals surface area contributed by atoms with E-state index in [1.54, 1.807) is 12.3 Å². The molecule has 0 aliphatic rings. The number of thiazole rings is 1. The topological polar surface area (TPSA) is 59.1 Å². The van der Waals surface area contributed by atoms with Gasteiger partial charge in [-0.3, -0.25) is 0 Å². The van der Waals surface area contributed by atoms with Gasteiger partial charge in [0.2, 0.25) is 14.2 Å². The standard InChI is InChI=1S/C8H14N2O2S2/c1-3-14(11,12)8-10-7(6-13-8)4-5-9-2/h6,9H,3-5H2,1-2H3. The highest BCUT2D eigenvalue weighted by Crippen LogP contribution is 2.17. The second kappa shape index (κ2) is 4.86. The number of nitrogens with zero attached hydrogens (tertiary/aromatic N) is 1. The van der Waals surface area contributed by atoms with Crippen LogP contribution >= 0.6 is 11.3 Å². The maximum Gasteiger partial charge on any atom is 0.209 e. The maximum atomic E-state index is 11.4. The molecule has 0 aliphatic heterocycles. The third-order valence-corrected chi connectivity index (χ3v) is 4.92. The maximum absolute atomic E-state index is 11.4. The lowest BCUT2D eigenvalue weighted by molar-refractivity contribution is 0.596. The Morgan fingerprint density at radius 2 is 2.29 bits per heavy atom. The Hall–Kier alpha value is -0.460. The highest BCUT2D eigenvalue weighted by atomic mass is 32.2. The Kier molecular flexibility index (Phi) is 4.03. The lowest BCUT2D eigenvalue weighted by atomic mass is 10.3. The first kappa shape index (κ1) is 11.6. The number of sulfone groups is 1. The van der Waals surface area contributed by atoms with E-state index in [0.717, 1.165) is 18.7 Å². The van der Waals surface area contributed by atoms with Crippen molar-refractivity contribution in [2.45, 2.75) is 17.7 Å². The summed E-state index contributed by atoms with van der Waals surface area (Å²) in [5.74, 6) is 0.117. The number of likely N-dealkylation sites (N-methyl/N-ethyl adjacent to an activating group) is 1. The van der Waals surface area contributed by atoms with Gasteiger partial charge < -0.3 is 5.32 Å². The van der Waals surface area contributed by atoms with Crippen LogP contribution in [0.5, 0.6) is 0 Å². The molecule has 80 valence electrons. The zero-order chi connectivity index (χ0) is 10.6. The Morgan fingerprint density at radius 1 is 1.57 bits per heavy atom. The second-order valence-corrected chi connectivity index (χ2v) is 6.17. The van der Waals surface area contributed by atoms with Crippen LogP contribution in [0.2, 0.25) is 0 Å². The monoisotopic (exact) mass is 234 g/mol. The van der Waals surface area contributed by atoms with E-state index >= 15 is 0 Å². The lowest BCUT2D eigenvalue weighted by Gasteiger charge is -1.95. The van der Waals surface area contributed by atoms with Gasteiger partial charge in [0.1, 0.15) is 0 Å². The smallest absolute Gasteiger partial charge is 0.209 e. The second-order valence-electron chi connectivity index (χ2n) is 2.86. The van der Waals surface area contributed by atoms with Crippen molar-refractivity contribution in [2.75, 3.05) is 19.3 Å². The molecule has 6 heteroatoms. The number of hydrogen-bond donors (Lipinski definition) is 1. The largest absolute Gasteiger partial charge is 0.319 e. The molecule has 1 aromatic heterocycles. The first-order chi connectivity index (χ1) is 6.60. The van der Waals surface area contributed by atoms with Crippen molar-refractivity contribution >= 4 is 21.2 Å². The van der Waals surface area contributed by atoms with Crippen LogP contribution in [0.15, 0.2) is 9.72 Å². The summed E-state index contributed by atoms with van der Waals surface area (Å²) in [6, 6.07) is 0. The van der Waals surface area contributed by atoms with Crippen LogP contribution in [0.4, 0.5) is 0 Å². The Morgan fingerprint density at radius 3 is 2.86 bits per heavy atom. The molecule has 1 aromatic rings. The van der Waals surface area contributed by atoms with Gasteiger partial charge in [-0.25, -0.2) is 13.4 Å². The van der Waals surface area contributed by atoms with Crippen molar-refractivity contribution in [1.82, 2.24) is 10.3 Å². The van der Waals surface area contributed by atoms with Crippen molar-refractivity contribution < 1.29 is 8.42 Å². The van der Waals surface area contributed by atoms with Gasteiger partial charge in [0.15, 0.2) is 0 Å². The van der Waals surface area contributed by atoms with Gasteiger partial charge in [0.25, 0.3) is 0 Å². The molecule has 0 saturated carbocycles. The minimum atomic E-state index is -3.12. The van der Waals surface area contributed by atoms with Crippen LogP contribution in [0.25, 0.3) is 0 Å². The Bertz CT molecular complexity index is 384. The summed E-state index contributed by atoms with van der Waals surface area (Å²) in [4.78, 5) is 4.08. The van der Waals surface area contributed by atoms with Crippen molar-refractivity contribution in [2.24, 2.45) is 0 Å². The van der Waals surface area contributed by atoms with Gasteiger partial charge in [-0.15, -0.1) is 11.3 Å². The number of hydrogen-bond acceptors (Lipinski definition) is 5. The van der Waals surface area contributed by atoms with Gasteiger partial charge in [-0.1, -0.05) is 6.92 Å². The number of nitrogens with one attached hydrogen (secondary N) is 1. The average molecular weight is 234 g/mol. The lowest BCUT2D eigenvalue weighted by Crippen LogP contribution is -2.10. The van der Waals surface area contributed by atoms with Crippen molar-refractivity contribution in [1.29, 1.82) is 0 Å². The third-order valence-electron chi connectivity index (χ3n) is 1.81. The fraction of sp³-hybridized carbons (Fsp3) is 0.625. The summed E-state index contributed by atoms with van der Waals surface area (Å²) < 4.78 is 23.1. The molecule has 0 fully saturated rings. The summed E-state index contributed by atoms with van der Waals surface area (Å²) in [5.41, 5.74) is 0.844. The number of rotatable bonds is 5. The minimum Gasteiger partial charge on any atom is -0.319 e. The van der Waals surface area contributed by atoms with Gasteiger partial charge >= 0.3 is 0 Å². The van der Waals surface area contributed by atoms with E-state index < -0.39 is 9.84 Å². The molecule has 0 amide bonds. The molecule has 1 heterocycles. The zero-order valence-corrected chi connectivity index (χ0v) is 9.91. The van der Waals surface area contributed by atoms with Crippen molar-refractivity contribution in [3.05, 3.63) is 11.1 Å². The molecule has 0 atom stereocenters. The molecule has 0 spiro atoms. The fourth-order valence-corrected chi connectivity index (χ4v) is 3.09. The van der Waals surface area contributed by atoms with Gasteiger partial charge in [-0.05, 0) is 7.05 Å². The van der Waals surface area contributed by atoms with Crippen LogP contribution in [0.3, 0.4) is 0 Å². The Balaban J connectivity index is 2.78. The molecular weight excluding hydrogens is 220 g/mol. The van der Waals surface area contributed by atoms with E-state index in [2.05, 4.69) is 10.3 Å². The Labute approximate surface area is 88.3 Å². The van der Waals surface area contributed by atoms with E-state index in [1.807, 2.05) is 7.05 Å². The van der Waals surface area contributed by atoms with E-state index in [9.17, 15) is 8.42 Å². The van der Waals surface area contributed by atoms with Crippen molar-refractivity contribution in [3.8, 4) is 0 Å². The first-order valence-electron chi connectivity index (χ1n) is 4.42. The average Bonchev–Trinajstić information content (AvgIpc) is 2.63. The third kappa shape index (κ3) is 2.76. The van der Waals surface area contributed by atoms with Crippen LogP contribution in [0, 0.1) is 0 Å². The molecule has 1 rings (SSSR count). The molecule has 0 unspecified atom stereocenters. The van der Waals surface area contributed by atoms with Crippen LogP contribution in [-0.2, 0) is 16.3 Å². The molecule has 0 bridgehead atoms. The highest BCUT2D eigenvalue weighted by Gasteiger charge is 2.15. The molecular formula is C8H14N2O2S2. The molecule has 0 aromatic carbocycles. The summed E-state index contributed by atoms with van der Waals surface area (Å²) in [6.45, 7) is 2.44. The van der Waals surface area contributed by atoms with Gasteiger partial charge in [0.05, 0.1) is 11.4 Å². The molecule has 14 heavy (non-hydrogen) atoms. The van der Waals surface area contributed by atoms with Gasteiger partial charge in [0, 0.05) is 18.3 Å². The molecule has 1 N–H and O–H groups in total. The normalized spacial score (nSPS) is 11.9. The quantitative estimate of drug-likeness (QED) is 0.814.